The van der Waals surface area contributed by atoms with Gasteiger partial charge in [-0.15, -0.1) is 0 Å². The van der Waals surface area contributed by atoms with Crippen LogP contribution in [-0.2, 0) is 6.61 Å². The topological polar surface area (TPSA) is 38.3 Å². The summed E-state index contributed by atoms with van der Waals surface area (Å²) < 4.78 is 6.96. The minimum atomic E-state index is -0.0910. The Morgan fingerprint density at radius 2 is 1.87 bits per heavy atom. The van der Waals surface area contributed by atoms with Gasteiger partial charge in [0.1, 0.15) is 12.4 Å². The number of ether oxygens (including phenoxy) is 1. The Kier molecular flexibility index (Phi) is 6.13. The van der Waals surface area contributed by atoms with Crippen LogP contribution < -0.4 is 10.1 Å². The molecule has 2 rings (SSSR count). The normalized spacial score (nSPS) is 10.5. The lowest BCUT2D eigenvalue weighted by atomic mass is 10.1. The van der Waals surface area contributed by atoms with Crippen LogP contribution in [0.4, 0.5) is 4.79 Å². The van der Waals surface area contributed by atoms with Crippen LogP contribution in [0.1, 0.15) is 22.3 Å². The van der Waals surface area contributed by atoms with E-state index in [1.807, 2.05) is 25.1 Å². The summed E-state index contributed by atoms with van der Waals surface area (Å²) in [6.07, 6.45) is 0. The van der Waals surface area contributed by atoms with Gasteiger partial charge in [0, 0.05) is 22.0 Å². The molecule has 0 unspecified atom stereocenters. The van der Waals surface area contributed by atoms with E-state index in [1.54, 1.807) is 7.05 Å². The number of nitrogens with one attached hydrogen (secondary N) is 1. The fourth-order valence-electron chi connectivity index (χ4n) is 2.16. The predicted molar refractivity (Wildman–Crippen MR) is 99.4 cm³/mol. The number of amides is 1. The van der Waals surface area contributed by atoms with Gasteiger partial charge in [-0.25, -0.2) is 0 Å². The summed E-state index contributed by atoms with van der Waals surface area (Å²) in [6.45, 7) is 6.62. The van der Waals surface area contributed by atoms with Gasteiger partial charge in [0.25, 0.3) is 5.24 Å². The first-order chi connectivity index (χ1) is 10.9. The number of rotatable bonds is 4. The fourth-order valence-corrected chi connectivity index (χ4v) is 3.52. The molecule has 2 aromatic rings. The van der Waals surface area contributed by atoms with E-state index in [1.165, 1.54) is 22.9 Å². The zero-order valence-corrected chi connectivity index (χ0v) is 16.1. The van der Waals surface area contributed by atoms with Crippen LogP contribution >= 0.6 is 27.7 Å². The molecule has 0 heterocycles. The maximum atomic E-state index is 11.7. The highest BCUT2D eigenvalue weighted by atomic mass is 79.9. The lowest BCUT2D eigenvalue weighted by molar-refractivity contribution is 0.262. The minimum Gasteiger partial charge on any atom is -0.489 e. The lowest BCUT2D eigenvalue weighted by Gasteiger charge is -2.15. The molecule has 0 saturated heterocycles. The van der Waals surface area contributed by atoms with Crippen LogP contribution in [0, 0.1) is 20.8 Å². The van der Waals surface area contributed by atoms with Gasteiger partial charge in [-0.2, -0.15) is 0 Å². The Morgan fingerprint density at radius 1 is 1.17 bits per heavy atom. The predicted octanol–water partition coefficient (Wildman–Crippen LogP) is 5.38. The molecular formula is C18H20BrNO2S. The van der Waals surface area contributed by atoms with Crippen molar-refractivity contribution in [3.8, 4) is 5.75 Å². The first kappa shape index (κ1) is 17.9. The Morgan fingerprint density at radius 3 is 2.57 bits per heavy atom. The van der Waals surface area contributed by atoms with Gasteiger partial charge in [0.05, 0.1) is 0 Å². The van der Waals surface area contributed by atoms with Crippen molar-refractivity contribution in [3.05, 3.63) is 57.1 Å². The zero-order chi connectivity index (χ0) is 17.0. The Hall–Kier alpha value is -1.46. The Balaban J connectivity index is 2.23. The molecule has 0 aromatic heterocycles. The molecule has 0 radical (unpaired) electrons. The van der Waals surface area contributed by atoms with E-state index in [2.05, 4.69) is 47.2 Å². The van der Waals surface area contributed by atoms with Crippen molar-refractivity contribution in [1.82, 2.24) is 5.32 Å². The maximum absolute atomic E-state index is 11.7. The van der Waals surface area contributed by atoms with Crippen LogP contribution in [0.3, 0.4) is 0 Å². The number of halogens is 1. The number of hydrogen-bond acceptors (Lipinski definition) is 3. The van der Waals surface area contributed by atoms with Crippen molar-refractivity contribution >= 4 is 32.9 Å². The highest BCUT2D eigenvalue weighted by molar-refractivity contribution is 9.10. The van der Waals surface area contributed by atoms with Gasteiger partial charge in [0.2, 0.25) is 0 Å². The number of benzene rings is 2. The Bertz CT molecular complexity index is 731. The Labute approximate surface area is 149 Å². The van der Waals surface area contributed by atoms with Crippen molar-refractivity contribution in [2.75, 3.05) is 7.05 Å². The summed E-state index contributed by atoms with van der Waals surface area (Å²) in [5.41, 5.74) is 4.55. The molecule has 23 heavy (non-hydrogen) atoms. The number of carbonyl (C=O) groups is 1. The van der Waals surface area contributed by atoms with Gasteiger partial charge in [0.15, 0.2) is 0 Å². The molecule has 0 bridgehead atoms. The van der Waals surface area contributed by atoms with Crippen LogP contribution in [0.25, 0.3) is 0 Å². The smallest absolute Gasteiger partial charge is 0.283 e. The summed E-state index contributed by atoms with van der Waals surface area (Å²) in [7, 11) is 1.63. The fraction of sp³-hybridized carbons (Fsp3) is 0.278. The first-order valence-corrected chi connectivity index (χ1v) is 8.91. The van der Waals surface area contributed by atoms with Crippen LogP contribution in [0.5, 0.6) is 5.75 Å². The van der Waals surface area contributed by atoms with Crippen molar-refractivity contribution in [2.45, 2.75) is 32.3 Å². The number of aryl methyl sites for hydroxylation is 3. The number of hydrogen-bond donors (Lipinski definition) is 1. The maximum Gasteiger partial charge on any atom is 0.283 e. The second-order valence-electron chi connectivity index (χ2n) is 5.35. The largest absolute Gasteiger partial charge is 0.489 e. The van der Waals surface area contributed by atoms with E-state index >= 15 is 0 Å². The second-order valence-corrected chi connectivity index (χ2v) is 7.22. The molecule has 0 aliphatic carbocycles. The zero-order valence-electron chi connectivity index (χ0n) is 13.7. The van der Waals surface area contributed by atoms with Crippen molar-refractivity contribution in [1.29, 1.82) is 0 Å². The third-order valence-corrected chi connectivity index (χ3v) is 5.38. The van der Waals surface area contributed by atoms with Crippen LogP contribution in [-0.4, -0.2) is 12.3 Å². The molecule has 0 aliphatic rings. The highest BCUT2D eigenvalue weighted by Gasteiger charge is 2.12. The number of thioether (sulfide) groups is 1. The van der Waals surface area contributed by atoms with Crippen LogP contribution in [0.2, 0.25) is 0 Å². The average Bonchev–Trinajstić information content (AvgIpc) is 2.51. The molecule has 5 heteroatoms. The molecule has 122 valence electrons. The highest BCUT2D eigenvalue weighted by Crippen LogP contribution is 2.31. The SMILES string of the molecule is CNC(=O)Sc1cccc(Br)c1COc1cc(C)c(C)cc1C. The van der Waals surface area contributed by atoms with E-state index in [4.69, 9.17) is 4.74 Å². The quantitative estimate of drug-likeness (QED) is 0.707. The molecule has 0 fully saturated rings. The second kappa shape index (κ2) is 7.88. The van der Waals surface area contributed by atoms with Gasteiger partial charge in [-0.3, -0.25) is 4.79 Å². The van der Waals surface area contributed by atoms with Crippen molar-refractivity contribution in [3.63, 3.8) is 0 Å². The summed E-state index contributed by atoms with van der Waals surface area (Å²) in [5, 5.41) is 2.53. The molecule has 1 N–H and O–H groups in total. The van der Waals surface area contributed by atoms with E-state index in [-0.39, 0.29) is 5.24 Å². The minimum absolute atomic E-state index is 0.0910. The van der Waals surface area contributed by atoms with Gasteiger partial charge in [-0.05, 0) is 67.4 Å². The van der Waals surface area contributed by atoms with E-state index in [0.717, 1.165) is 26.2 Å². The standard InChI is InChI=1S/C18H20BrNO2S/c1-11-8-13(3)16(9-12(11)2)22-10-14-15(19)6-5-7-17(14)23-18(21)20-4/h5-9H,10H2,1-4H3,(H,20,21). The summed E-state index contributed by atoms with van der Waals surface area (Å²) >= 11 is 4.72. The van der Waals surface area contributed by atoms with Crippen LogP contribution in [0.15, 0.2) is 39.7 Å². The summed E-state index contributed by atoms with van der Waals surface area (Å²) in [6, 6.07) is 9.99. The monoisotopic (exact) mass is 393 g/mol. The summed E-state index contributed by atoms with van der Waals surface area (Å²) in [5.74, 6) is 0.875. The van der Waals surface area contributed by atoms with E-state index in [9.17, 15) is 4.79 Å². The molecule has 1 amide bonds. The van der Waals surface area contributed by atoms with Gasteiger partial charge in [-0.1, -0.05) is 28.1 Å². The third-order valence-electron chi connectivity index (χ3n) is 3.65. The van der Waals surface area contributed by atoms with Crippen molar-refractivity contribution in [2.24, 2.45) is 0 Å². The number of carbonyl (C=O) groups excluding carboxylic acids is 1. The molecule has 3 nitrogen and oxygen atoms in total. The lowest BCUT2D eigenvalue weighted by Crippen LogP contribution is -2.11. The first-order valence-electron chi connectivity index (χ1n) is 7.30. The van der Waals surface area contributed by atoms with E-state index < -0.39 is 0 Å². The van der Waals surface area contributed by atoms with Gasteiger partial charge < -0.3 is 10.1 Å². The van der Waals surface area contributed by atoms with E-state index in [0.29, 0.717) is 6.61 Å². The molecule has 0 atom stereocenters. The molecular weight excluding hydrogens is 374 g/mol. The molecule has 2 aromatic carbocycles. The molecule has 0 spiro atoms. The average molecular weight is 394 g/mol. The third kappa shape index (κ3) is 4.52. The molecule has 0 saturated carbocycles. The van der Waals surface area contributed by atoms with Crippen molar-refractivity contribution < 1.29 is 9.53 Å². The molecule has 0 aliphatic heterocycles. The van der Waals surface area contributed by atoms with Gasteiger partial charge >= 0.3 is 0 Å². The summed E-state index contributed by atoms with van der Waals surface area (Å²) in [4.78, 5) is 12.5.